The fourth-order valence-corrected chi connectivity index (χ4v) is 2.05. The number of hydrogen-bond acceptors (Lipinski definition) is 3. The fourth-order valence-electron chi connectivity index (χ4n) is 2.05. The van der Waals surface area contributed by atoms with E-state index in [9.17, 15) is 0 Å². The molecule has 19 heavy (non-hydrogen) atoms. The van der Waals surface area contributed by atoms with E-state index >= 15 is 0 Å². The lowest BCUT2D eigenvalue weighted by atomic mass is 10.0. The molecule has 0 radical (unpaired) electrons. The summed E-state index contributed by atoms with van der Waals surface area (Å²) >= 11 is 0. The maximum Gasteiger partial charge on any atom is 0.174 e. The standard InChI is InChI=1S/C15H10N2O.CH4/c16-10-9-11-7-4-8-13-14(11)17-18-15(13)12-5-2-1-3-6-12;/h1-8H,9H2;1H4. The van der Waals surface area contributed by atoms with Crippen LogP contribution in [0.25, 0.3) is 22.2 Å². The third kappa shape index (κ3) is 2.21. The van der Waals surface area contributed by atoms with Crippen molar-refractivity contribution in [2.24, 2.45) is 0 Å². The highest BCUT2D eigenvalue weighted by atomic mass is 16.5. The maximum atomic E-state index is 8.79. The van der Waals surface area contributed by atoms with Crippen molar-refractivity contribution in [1.29, 1.82) is 5.26 Å². The van der Waals surface area contributed by atoms with Crippen molar-refractivity contribution in [3.05, 3.63) is 54.1 Å². The highest BCUT2D eigenvalue weighted by Gasteiger charge is 2.12. The number of rotatable bonds is 2. The molecule has 0 spiro atoms. The van der Waals surface area contributed by atoms with Crippen LogP contribution in [0.4, 0.5) is 0 Å². The summed E-state index contributed by atoms with van der Waals surface area (Å²) in [6, 6.07) is 17.8. The van der Waals surface area contributed by atoms with Gasteiger partial charge in [0.25, 0.3) is 0 Å². The van der Waals surface area contributed by atoms with Gasteiger partial charge in [-0.2, -0.15) is 5.26 Å². The molecule has 2 aromatic carbocycles. The molecule has 0 saturated carbocycles. The van der Waals surface area contributed by atoms with E-state index in [0.717, 1.165) is 27.8 Å². The van der Waals surface area contributed by atoms with Gasteiger partial charge < -0.3 is 4.52 Å². The largest absolute Gasteiger partial charge is 0.355 e. The second-order valence-electron chi connectivity index (χ2n) is 4.03. The molecular weight excluding hydrogens is 236 g/mol. The number of fused-ring (bicyclic) bond motifs is 1. The zero-order valence-electron chi connectivity index (χ0n) is 9.63. The molecule has 3 nitrogen and oxygen atoms in total. The van der Waals surface area contributed by atoms with Crippen LogP contribution in [0.15, 0.2) is 53.1 Å². The summed E-state index contributed by atoms with van der Waals surface area (Å²) in [6.07, 6.45) is 0.345. The van der Waals surface area contributed by atoms with E-state index in [2.05, 4.69) is 11.2 Å². The van der Waals surface area contributed by atoms with E-state index in [1.165, 1.54) is 0 Å². The Morgan fingerprint density at radius 1 is 1.05 bits per heavy atom. The van der Waals surface area contributed by atoms with Gasteiger partial charge in [-0.25, -0.2) is 0 Å². The van der Waals surface area contributed by atoms with Crippen LogP contribution >= 0.6 is 0 Å². The monoisotopic (exact) mass is 250 g/mol. The first kappa shape index (κ1) is 12.8. The molecule has 3 rings (SSSR count). The van der Waals surface area contributed by atoms with E-state index in [4.69, 9.17) is 9.78 Å². The van der Waals surface area contributed by atoms with E-state index in [1.54, 1.807) is 0 Å². The predicted molar refractivity (Wildman–Crippen MR) is 75.5 cm³/mol. The minimum Gasteiger partial charge on any atom is -0.355 e. The Morgan fingerprint density at radius 2 is 1.84 bits per heavy atom. The van der Waals surface area contributed by atoms with E-state index in [0.29, 0.717) is 6.42 Å². The van der Waals surface area contributed by atoms with Crippen molar-refractivity contribution >= 4 is 10.9 Å². The Balaban J connectivity index is 0.00000133. The molecule has 3 heteroatoms. The topological polar surface area (TPSA) is 49.8 Å². The number of benzene rings is 2. The van der Waals surface area contributed by atoms with Crippen molar-refractivity contribution in [1.82, 2.24) is 5.16 Å². The first-order chi connectivity index (χ1) is 8.90. The van der Waals surface area contributed by atoms with Crippen LogP contribution < -0.4 is 0 Å². The summed E-state index contributed by atoms with van der Waals surface area (Å²) in [5.41, 5.74) is 2.67. The minimum absolute atomic E-state index is 0. The van der Waals surface area contributed by atoms with Gasteiger partial charge in [0.05, 0.1) is 17.9 Å². The molecular formula is C16H14N2O. The SMILES string of the molecule is C.N#CCc1cccc2c(-c3ccccc3)onc12. The molecule has 0 aliphatic carbocycles. The van der Waals surface area contributed by atoms with Gasteiger partial charge in [-0.1, -0.05) is 55.0 Å². The van der Waals surface area contributed by atoms with Gasteiger partial charge in [0.15, 0.2) is 5.76 Å². The predicted octanol–water partition coefficient (Wildman–Crippen LogP) is 4.20. The van der Waals surface area contributed by atoms with Crippen LogP contribution in [-0.2, 0) is 6.42 Å². The van der Waals surface area contributed by atoms with Crippen LogP contribution in [0.1, 0.15) is 13.0 Å². The zero-order chi connectivity index (χ0) is 12.4. The van der Waals surface area contributed by atoms with Gasteiger partial charge in [0, 0.05) is 5.56 Å². The Kier molecular flexibility index (Phi) is 3.63. The molecule has 0 fully saturated rings. The van der Waals surface area contributed by atoms with Crippen molar-refractivity contribution in [2.75, 3.05) is 0 Å². The zero-order valence-corrected chi connectivity index (χ0v) is 9.63. The van der Waals surface area contributed by atoms with E-state index < -0.39 is 0 Å². The molecule has 3 aromatic rings. The first-order valence-electron chi connectivity index (χ1n) is 5.70. The molecule has 94 valence electrons. The molecule has 0 atom stereocenters. The minimum atomic E-state index is 0. The van der Waals surface area contributed by atoms with Gasteiger partial charge in [-0.3, -0.25) is 0 Å². The maximum absolute atomic E-state index is 8.79. The van der Waals surface area contributed by atoms with Crippen molar-refractivity contribution in [2.45, 2.75) is 13.8 Å². The second kappa shape index (κ2) is 5.36. The molecule has 0 saturated heterocycles. The molecule has 0 N–H and O–H groups in total. The normalized spacial score (nSPS) is 9.84. The number of hydrogen-bond donors (Lipinski definition) is 0. The quantitative estimate of drug-likeness (QED) is 0.685. The van der Waals surface area contributed by atoms with Crippen LogP contribution in [0, 0.1) is 11.3 Å². The van der Waals surface area contributed by atoms with Gasteiger partial charge >= 0.3 is 0 Å². The average Bonchev–Trinajstić information content (AvgIpc) is 2.85. The summed E-state index contributed by atoms with van der Waals surface area (Å²) < 4.78 is 5.43. The fraction of sp³-hybridized carbons (Fsp3) is 0.125. The van der Waals surface area contributed by atoms with Crippen LogP contribution in [-0.4, -0.2) is 5.16 Å². The molecule has 0 amide bonds. The van der Waals surface area contributed by atoms with Crippen molar-refractivity contribution in [3.8, 4) is 17.4 Å². The molecule has 1 heterocycles. The lowest BCUT2D eigenvalue weighted by Crippen LogP contribution is -1.83. The van der Waals surface area contributed by atoms with Gasteiger partial charge in [-0.15, -0.1) is 0 Å². The summed E-state index contributed by atoms with van der Waals surface area (Å²) in [4.78, 5) is 0. The first-order valence-corrected chi connectivity index (χ1v) is 5.70. The Bertz CT molecular complexity index is 723. The highest BCUT2D eigenvalue weighted by molar-refractivity contribution is 5.93. The highest BCUT2D eigenvalue weighted by Crippen LogP contribution is 2.30. The van der Waals surface area contributed by atoms with E-state index in [1.807, 2.05) is 48.5 Å². The Labute approximate surface area is 112 Å². The molecule has 0 aliphatic heterocycles. The van der Waals surface area contributed by atoms with Crippen LogP contribution in [0.2, 0.25) is 0 Å². The number of nitriles is 1. The van der Waals surface area contributed by atoms with Crippen LogP contribution in [0.3, 0.4) is 0 Å². The summed E-state index contributed by atoms with van der Waals surface area (Å²) in [6.45, 7) is 0. The number of aromatic nitrogens is 1. The molecule has 1 aromatic heterocycles. The average molecular weight is 250 g/mol. The summed E-state index contributed by atoms with van der Waals surface area (Å²) in [5, 5.41) is 13.8. The van der Waals surface area contributed by atoms with Crippen molar-refractivity contribution < 1.29 is 4.52 Å². The summed E-state index contributed by atoms with van der Waals surface area (Å²) in [5.74, 6) is 0.755. The third-order valence-corrected chi connectivity index (χ3v) is 2.90. The van der Waals surface area contributed by atoms with Gasteiger partial charge in [0.1, 0.15) is 5.52 Å². The Morgan fingerprint density at radius 3 is 2.58 bits per heavy atom. The lowest BCUT2D eigenvalue weighted by molar-refractivity contribution is 0.440. The van der Waals surface area contributed by atoms with Gasteiger partial charge in [-0.05, 0) is 11.6 Å². The third-order valence-electron chi connectivity index (χ3n) is 2.90. The van der Waals surface area contributed by atoms with E-state index in [-0.39, 0.29) is 7.43 Å². The summed E-state index contributed by atoms with van der Waals surface area (Å²) in [7, 11) is 0. The smallest absolute Gasteiger partial charge is 0.174 e. The van der Waals surface area contributed by atoms with Crippen molar-refractivity contribution in [3.63, 3.8) is 0 Å². The lowest BCUT2D eigenvalue weighted by Gasteiger charge is -1.97. The molecule has 0 unspecified atom stereocenters. The molecule has 0 bridgehead atoms. The second-order valence-corrected chi connectivity index (χ2v) is 4.03. The number of nitrogens with zero attached hydrogens (tertiary/aromatic N) is 2. The molecule has 0 aliphatic rings. The van der Waals surface area contributed by atoms with Crippen LogP contribution in [0.5, 0.6) is 0 Å². The van der Waals surface area contributed by atoms with Gasteiger partial charge in [0.2, 0.25) is 0 Å². The Hall–Kier alpha value is -2.60.